The fourth-order valence-corrected chi connectivity index (χ4v) is 5.24. The predicted octanol–water partition coefficient (Wildman–Crippen LogP) is 0.816. The SMILES string of the molecule is O=C(O)C1CC2CCCCC2N1S(=O)(=O)c1cnc[nH]1. The van der Waals surface area contributed by atoms with E-state index < -0.39 is 22.0 Å². The Morgan fingerprint density at radius 2 is 2.15 bits per heavy atom. The van der Waals surface area contributed by atoms with Crippen molar-refractivity contribution >= 4 is 16.0 Å². The molecule has 2 fully saturated rings. The van der Waals surface area contributed by atoms with Crippen LogP contribution in [-0.4, -0.2) is 45.9 Å². The van der Waals surface area contributed by atoms with Crippen LogP contribution in [0.2, 0.25) is 0 Å². The van der Waals surface area contributed by atoms with Gasteiger partial charge in [0, 0.05) is 6.04 Å². The number of carboxylic acids is 1. The second-order valence-electron chi connectivity index (χ2n) is 5.45. The summed E-state index contributed by atoms with van der Waals surface area (Å²) in [5.41, 5.74) is 0. The molecule has 1 aliphatic heterocycles. The van der Waals surface area contributed by atoms with E-state index in [1.54, 1.807) is 0 Å². The Morgan fingerprint density at radius 3 is 2.80 bits per heavy atom. The molecule has 7 nitrogen and oxygen atoms in total. The van der Waals surface area contributed by atoms with Gasteiger partial charge in [0.15, 0.2) is 5.03 Å². The van der Waals surface area contributed by atoms with Gasteiger partial charge in [0.2, 0.25) is 0 Å². The number of aromatic amines is 1. The number of hydrogen-bond donors (Lipinski definition) is 2. The van der Waals surface area contributed by atoms with Gasteiger partial charge < -0.3 is 10.1 Å². The number of aromatic nitrogens is 2. The molecule has 20 heavy (non-hydrogen) atoms. The van der Waals surface area contributed by atoms with Crippen LogP contribution >= 0.6 is 0 Å². The summed E-state index contributed by atoms with van der Waals surface area (Å²) in [4.78, 5) is 17.7. The zero-order chi connectivity index (χ0) is 14.3. The molecule has 0 spiro atoms. The number of sulfonamides is 1. The molecule has 3 unspecified atom stereocenters. The van der Waals surface area contributed by atoms with Crippen LogP contribution in [0.25, 0.3) is 0 Å². The van der Waals surface area contributed by atoms with E-state index in [2.05, 4.69) is 9.97 Å². The summed E-state index contributed by atoms with van der Waals surface area (Å²) in [5.74, 6) is -0.912. The number of H-pyrrole nitrogens is 1. The molecule has 1 aromatic heterocycles. The highest BCUT2D eigenvalue weighted by Gasteiger charge is 2.51. The Kier molecular flexibility index (Phi) is 3.29. The van der Waals surface area contributed by atoms with Crippen molar-refractivity contribution in [2.45, 2.75) is 49.2 Å². The number of carboxylic acid groups (broad SMARTS) is 1. The van der Waals surface area contributed by atoms with Crippen LogP contribution in [0.5, 0.6) is 0 Å². The lowest BCUT2D eigenvalue weighted by Crippen LogP contribution is -2.46. The molecule has 0 amide bonds. The monoisotopic (exact) mass is 299 g/mol. The maximum Gasteiger partial charge on any atom is 0.322 e. The van der Waals surface area contributed by atoms with Gasteiger partial charge in [0.1, 0.15) is 6.04 Å². The van der Waals surface area contributed by atoms with E-state index >= 15 is 0 Å². The van der Waals surface area contributed by atoms with Crippen molar-refractivity contribution in [3.05, 3.63) is 12.5 Å². The van der Waals surface area contributed by atoms with Crippen LogP contribution in [-0.2, 0) is 14.8 Å². The van der Waals surface area contributed by atoms with E-state index in [1.807, 2.05) is 0 Å². The summed E-state index contributed by atoms with van der Waals surface area (Å²) in [6.45, 7) is 0. The van der Waals surface area contributed by atoms with Gasteiger partial charge in [-0.25, -0.2) is 13.4 Å². The van der Waals surface area contributed by atoms with Crippen molar-refractivity contribution in [2.24, 2.45) is 5.92 Å². The number of rotatable bonds is 3. The number of hydrogen-bond acceptors (Lipinski definition) is 4. The van der Waals surface area contributed by atoms with E-state index in [4.69, 9.17) is 0 Å². The second-order valence-corrected chi connectivity index (χ2v) is 7.26. The molecular weight excluding hydrogens is 282 g/mol. The second kappa shape index (κ2) is 4.85. The van der Waals surface area contributed by atoms with Crippen LogP contribution in [0, 0.1) is 5.92 Å². The van der Waals surface area contributed by atoms with E-state index in [0.717, 1.165) is 25.7 Å². The number of nitrogens with one attached hydrogen (secondary N) is 1. The van der Waals surface area contributed by atoms with Gasteiger partial charge >= 0.3 is 5.97 Å². The van der Waals surface area contributed by atoms with Crippen molar-refractivity contribution < 1.29 is 18.3 Å². The molecule has 0 radical (unpaired) electrons. The predicted molar refractivity (Wildman–Crippen MR) is 69.4 cm³/mol. The third-order valence-corrected chi connectivity index (χ3v) is 6.20. The summed E-state index contributed by atoms with van der Waals surface area (Å²) in [7, 11) is -3.83. The lowest BCUT2D eigenvalue weighted by molar-refractivity contribution is -0.141. The van der Waals surface area contributed by atoms with E-state index in [0.29, 0.717) is 6.42 Å². The molecule has 1 saturated carbocycles. The summed E-state index contributed by atoms with van der Waals surface area (Å²) in [6.07, 6.45) is 6.56. The lowest BCUT2D eigenvalue weighted by atomic mass is 9.85. The fraction of sp³-hybridized carbons (Fsp3) is 0.667. The minimum Gasteiger partial charge on any atom is -0.480 e. The average molecular weight is 299 g/mol. The lowest BCUT2D eigenvalue weighted by Gasteiger charge is -2.31. The minimum atomic E-state index is -3.83. The van der Waals surface area contributed by atoms with Crippen LogP contribution in [0.1, 0.15) is 32.1 Å². The molecule has 0 bridgehead atoms. The molecule has 1 aliphatic carbocycles. The molecule has 1 aromatic rings. The van der Waals surface area contributed by atoms with Crippen molar-refractivity contribution in [1.29, 1.82) is 0 Å². The molecule has 1 saturated heterocycles. The minimum absolute atomic E-state index is 0.0324. The molecule has 2 aliphatic rings. The molecule has 3 rings (SSSR count). The summed E-state index contributed by atoms with van der Waals surface area (Å²) in [6, 6.07) is -1.16. The number of imidazole rings is 1. The van der Waals surface area contributed by atoms with E-state index in [9.17, 15) is 18.3 Å². The normalized spacial score (nSPS) is 31.1. The molecule has 110 valence electrons. The van der Waals surface area contributed by atoms with Crippen molar-refractivity contribution in [2.75, 3.05) is 0 Å². The first kappa shape index (κ1) is 13.6. The molecule has 8 heteroatoms. The van der Waals surface area contributed by atoms with Crippen LogP contribution < -0.4 is 0 Å². The Balaban J connectivity index is 2.01. The Labute approximate surface area is 117 Å². The maximum absolute atomic E-state index is 12.7. The molecular formula is C12H17N3O4S. The van der Waals surface area contributed by atoms with Gasteiger partial charge in [0.05, 0.1) is 12.5 Å². The molecule has 2 N–H and O–H groups in total. The quantitative estimate of drug-likeness (QED) is 0.860. The zero-order valence-electron chi connectivity index (χ0n) is 10.9. The highest BCUT2D eigenvalue weighted by molar-refractivity contribution is 7.89. The smallest absolute Gasteiger partial charge is 0.322 e. The highest BCUT2D eigenvalue weighted by atomic mass is 32.2. The van der Waals surface area contributed by atoms with Crippen LogP contribution in [0.3, 0.4) is 0 Å². The number of nitrogens with zero attached hydrogens (tertiary/aromatic N) is 2. The largest absolute Gasteiger partial charge is 0.480 e. The Morgan fingerprint density at radius 1 is 1.40 bits per heavy atom. The van der Waals surface area contributed by atoms with E-state index in [-0.39, 0.29) is 17.0 Å². The van der Waals surface area contributed by atoms with Crippen molar-refractivity contribution in [3.8, 4) is 0 Å². The molecule has 0 aromatic carbocycles. The Bertz CT molecular complexity index is 598. The van der Waals surface area contributed by atoms with Gasteiger partial charge in [0.25, 0.3) is 10.0 Å². The van der Waals surface area contributed by atoms with Crippen LogP contribution in [0.4, 0.5) is 0 Å². The van der Waals surface area contributed by atoms with Crippen molar-refractivity contribution in [1.82, 2.24) is 14.3 Å². The first-order valence-corrected chi connectivity index (χ1v) is 8.20. The number of carbonyl (C=O) groups is 1. The molecule has 3 atom stereocenters. The first-order valence-electron chi connectivity index (χ1n) is 6.76. The average Bonchev–Trinajstić information content (AvgIpc) is 3.06. The van der Waals surface area contributed by atoms with Gasteiger partial charge in [-0.2, -0.15) is 4.31 Å². The summed E-state index contributed by atoms with van der Waals surface area (Å²) >= 11 is 0. The number of aliphatic carboxylic acids is 1. The van der Waals surface area contributed by atoms with Crippen LogP contribution in [0.15, 0.2) is 17.6 Å². The summed E-state index contributed by atoms with van der Waals surface area (Å²) < 4.78 is 26.5. The summed E-state index contributed by atoms with van der Waals surface area (Å²) in [5, 5.41) is 9.33. The van der Waals surface area contributed by atoms with Crippen molar-refractivity contribution in [3.63, 3.8) is 0 Å². The fourth-order valence-electron chi connectivity index (χ4n) is 3.47. The van der Waals surface area contributed by atoms with Gasteiger partial charge in [-0.1, -0.05) is 12.8 Å². The van der Waals surface area contributed by atoms with Gasteiger partial charge in [-0.3, -0.25) is 4.79 Å². The zero-order valence-corrected chi connectivity index (χ0v) is 11.7. The van der Waals surface area contributed by atoms with Gasteiger partial charge in [-0.15, -0.1) is 0 Å². The van der Waals surface area contributed by atoms with E-state index in [1.165, 1.54) is 16.8 Å². The Hall–Kier alpha value is -1.41. The topological polar surface area (TPSA) is 103 Å². The number of fused-ring (bicyclic) bond motifs is 1. The molecule has 2 heterocycles. The third-order valence-electron chi connectivity index (χ3n) is 4.34. The van der Waals surface area contributed by atoms with Gasteiger partial charge in [-0.05, 0) is 25.2 Å². The standard InChI is InChI=1S/C12H17N3O4S/c16-12(17)10-5-8-3-1-2-4-9(8)15(10)20(18,19)11-6-13-7-14-11/h6-10H,1-5H2,(H,13,14)(H,16,17). The first-order chi connectivity index (χ1) is 9.51. The third kappa shape index (κ3) is 2.03. The highest BCUT2D eigenvalue weighted by Crippen LogP contribution is 2.42. The maximum atomic E-state index is 12.7.